The fourth-order valence-electron chi connectivity index (χ4n) is 1.19. The number of furan rings is 1. The van der Waals surface area contributed by atoms with Gasteiger partial charge in [0.05, 0.1) is 19.4 Å². The predicted molar refractivity (Wildman–Crippen MR) is 51.6 cm³/mol. The highest BCUT2D eigenvalue weighted by molar-refractivity contribution is 5.77. The van der Waals surface area contributed by atoms with Crippen LogP contribution >= 0.6 is 0 Å². The Hall–Kier alpha value is -1.29. The lowest BCUT2D eigenvalue weighted by atomic mass is 10.4. The first-order valence-electron chi connectivity index (χ1n) is 4.87. The molecule has 1 aromatic heterocycles. The van der Waals surface area contributed by atoms with E-state index in [0.717, 1.165) is 5.76 Å². The molecular weight excluding hydrogens is 180 g/mol. The van der Waals surface area contributed by atoms with Crippen molar-refractivity contribution >= 4 is 5.91 Å². The van der Waals surface area contributed by atoms with E-state index in [1.54, 1.807) is 6.26 Å². The Balaban J connectivity index is 1.62. The van der Waals surface area contributed by atoms with E-state index in [0.29, 0.717) is 19.1 Å². The molecule has 4 heteroatoms. The highest BCUT2D eigenvalue weighted by atomic mass is 16.3. The number of nitrogens with one attached hydrogen (secondary N) is 2. The summed E-state index contributed by atoms with van der Waals surface area (Å²) in [4.78, 5) is 11.3. The molecule has 1 saturated carbocycles. The van der Waals surface area contributed by atoms with E-state index in [4.69, 9.17) is 4.42 Å². The van der Waals surface area contributed by atoms with Crippen LogP contribution in [-0.2, 0) is 11.3 Å². The lowest BCUT2D eigenvalue weighted by molar-refractivity contribution is -0.120. The van der Waals surface area contributed by atoms with Gasteiger partial charge < -0.3 is 15.1 Å². The maximum atomic E-state index is 11.3. The van der Waals surface area contributed by atoms with Gasteiger partial charge in [-0.1, -0.05) is 0 Å². The van der Waals surface area contributed by atoms with E-state index < -0.39 is 0 Å². The third-order valence-corrected chi connectivity index (χ3v) is 2.17. The molecule has 14 heavy (non-hydrogen) atoms. The Morgan fingerprint density at radius 2 is 2.43 bits per heavy atom. The van der Waals surface area contributed by atoms with Crippen LogP contribution in [0.1, 0.15) is 18.6 Å². The van der Waals surface area contributed by atoms with Crippen LogP contribution in [0.25, 0.3) is 0 Å². The molecule has 0 aliphatic heterocycles. The van der Waals surface area contributed by atoms with Gasteiger partial charge in [0, 0.05) is 6.04 Å². The average molecular weight is 194 g/mol. The largest absolute Gasteiger partial charge is 0.467 e. The molecule has 1 aliphatic carbocycles. The Morgan fingerprint density at radius 1 is 1.57 bits per heavy atom. The molecular formula is C10H14N2O2. The minimum Gasteiger partial charge on any atom is -0.467 e. The van der Waals surface area contributed by atoms with Gasteiger partial charge >= 0.3 is 0 Å². The van der Waals surface area contributed by atoms with Crippen molar-refractivity contribution in [1.82, 2.24) is 10.6 Å². The molecule has 0 aromatic carbocycles. The fraction of sp³-hybridized carbons (Fsp3) is 0.500. The Morgan fingerprint density at radius 3 is 3.07 bits per heavy atom. The molecule has 1 fully saturated rings. The second kappa shape index (κ2) is 4.28. The van der Waals surface area contributed by atoms with Crippen molar-refractivity contribution in [3.63, 3.8) is 0 Å². The first-order chi connectivity index (χ1) is 6.84. The summed E-state index contributed by atoms with van der Waals surface area (Å²) >= 11 is 0. The minimum atomic E-state index is 0.0216. The summed E-state index contributed by atoms with van der Waals surface area (Å²) in [5.74, 6) is 0.804. The van der Waals surface area contributed by atoms with Gasteiger partial charge in [0.15, 0.2) is 0 Å². The highest BCUT2D eigenvalue weighted by Crippen LogP contribution is 2.17. The zero-order valence-corrected chi connectivity index (χ0v) is 7.95. The maximum Gasteiger partial charge on any atom is 0.234 e. The SMILES string of the molecule is O=C(CNC1CC1)NCc1ccco1. The normalized spacial score (nSPS) is 15.4. The van der Waals surface area contributed by atoms with Crippen LogP contribution in [0.2, 0.25) is 0 Å². The lowest BCUT2D eigenvalue weighted by Gasteiger charge is -2.03. The van der Waals surface area contributed by atoms with E-state index in [1.807, 2.05) is 12.1 Å². The van der Waals surface area contributed by atoms with Crippen LogP contribution in [0.15, 0.2) is 22.8 Å². The van der Waals surface area contributed by atoms with Gasteiger partial charge in [-0.25, -0.2) is 0 Å². The van der Waals surface area contributed by atoms with Crippen molar-refractivity contribution in [2.24, 2.45) is 0 Å². The molecule has 0 saturated heterocycles. The summed E-state index contributed by atoms with van der Waals surface area (Å²) < 4.78 is 5.09. The highest BCUT2D eigenvalue weighted by Gasteiger charge is 2.20. The van der Waals surface area contributed by atoms with Gasteiger partial charge in [-0.2, -0.15) is 0 Å². The van der Waals surface area contributed by atoms with Crippen molar-refractivity contribution < 1.29 is 9.21 Å². The zero-order valence-electron chi connectivity index (χ0n) is 7.95. The van der Waals surface area contributed by atoms with E-state index in [-0.39, 0.29) is 5.91 Å². The first kappa shape index (κ1) is 9.27. The molecule has 76 valence electrons. The number of hydrogen-bond acceptors (Lipinski definition) is 3. The van der Waals surface area contributed by atoms with Gasteiger partial charge in [0.2, 0.25) is 5.91 Å². The quantitative estimate of drug-likeness (QED) is 0.723. The van der Waals surface area contributed by atoms with E-state index in [9.17, 15) is 4.79 Å². The van der Waals surface area contributed by atoms with E-state index >= 15 is 0 Å². The second-order valence-corrected chi connectivity index (χ2v) is 3.51. The van der Waals surface area contributed by atoms with Crippen LogP contribution < -0.4 is 10.6 Å². The molecule has 2 N–H and O–H groups in total. The van der Waals surface area contributed by atoms with Gasteiger partial charge in [-0.15, -0.1) is 0 Å². The van der Waals surface area contributed by atoms with Crippen LogP contribution in [0.3, 0.4) is 0 Å². The van der Waals surface area contributed by atoms with Crippen LogP contribution in [0.5, 0.6) is 0 Å². The molecule has 1 aliphatic rings. The number of carbonyl (C=O) groups excluding carboxylic acids is 1. The fourth-order valence-corrected chi connectivity index (χ4v) is 1.19. The van der Waals surface area contributed by atoms with Gasteiger partial charge in [0.25, 0.3) is 0 Å². The van der Waals surface area contributed by atoms with Crippen molar-refractivity contribution in [3.05, 3.63) is 24.2 Å². The van der Waals surface area contributed by atoms with Crippen molar-refractivity contribution in [2.75, 3.05) is 6.54 Å². The Labute approximate surface area is 82.7 Å². The molecule has 1 heterocycles. The molecule has 0 atom stereocenters. The maximum absolute atomic E-state index is 11.3. The van der Waals surface area contributed by atoms with Crippen molar-refractivity contribution in [3.8, 4) is 0 Å². The topological polar surface area (TPSA) is 54.3 Å². The van der Waals surface area contributed by atoms with Crippen molar-refractivity contribution in [1.29, 1.82) is 0 Å². The molecule has 1 amide bonds. The second-order valence-electron chi connectivity index (χ2n) is 3.51. The smallest absolute Gasteiger partial charge is 0.234 e. The third-order valence-electron chi connectivity index (χ3n) is 2.17. The summed E-state index contributed by atoms with van der Waals surface area (Å²) in [5.41, 5.74) is 0. The van der Waals surface area contributed by atoms with E-state index in [2.05, 4.69) is 10.6 Å². The summed E-state index contributed by atoms with van der Waals surface area (Å²) in [6, 6.07) is 4.22. The van der Waals surface area contributed by atoms with Gasteiger partial charge in [0.1, 0.15) is 5.76 Å². The van der Waals surface area contributed by atoms with Gasteiger partial charge in [-0.3, -0.25) is 4.79 Å². The summed E-state index contributed by atoms with van der Waals surface area (Å²) in [6.07, 6.45) is 4.00. The van der Waals surface area contributed by atoms with Crippen LogP contribution in [0.4, 0.5) is 0 Å². The van der Waals surface area contributed by atoms with E-state index in [1.165, 1.54) is 12.8 Å². The molecule has 0 radical (unpaired) electrons. The monoisotopic (exact) mass is 194 g/mol. The van der Waals surface area contributed by atoms with Gasteiger partial charge in [-0.05, 0) is 25.0 Å². The van der Waals surface area contributed by atoms with Crippen molar-refractivity contribution in [2.45, 2.75) is 25.4 Å². The number of rotatable bonds is 5. The standard InChI is InChI=1S/C10H14N2O2/c13-10(7-11-8-3-4-8)12-6-9-2-1-5-14-9/h1-2,5,8,11H,3-4,6-7H2,(H,12,13). The lowest BCUT2D eigenvalue weighted by Crippen LogP contribution is -2.34. The molecule has 1 aromatic rings. The first-order valence-corrected chi connectivity index (χ1v) is 4.87. The average Bonchev–Trinajstić information content (AvgIpc) is 2.87. The predicted octanol–water partition coefficient (Wildman–Crippen LogP) is 0.648. The zero-order chi connectivity index (χ0) is 9.80. The summed E-state index contributed by atoms with van der Waals surface area (Å²) in [5, 5.41) is 5.92. The summed E-state index contributed by atoms with van der Waals surface area (Å²) in [6.45, 7) is 0.879. The Kier molecular flexibility index (Phi) is 2.84. The molecule has 0 bridgehead atoms. The van der Waals surface area contributed by atoms with Crippen LogP contribution in [-0.4, -0.2) is 18.5 Å². The molecule has 2 rings (SSSR count). The van der Waals surface area contributed by atoms with Crippen LogP contribution in [0, 0.1) is 0 Å². The molecule has 0 spiro atoms. The number of hydrogen-bond donors (Lipinski definition) is 2. The minimum absolute atomic E-state index is 0.0216. The Bertz CT molecular complexity index is 291. The molecule has 0 unspecified atom stereocenters. The summed E-state index contributed by atoms with van der Waals surface area (Å²) in [7, 11) is 0. The molecule has 4 nitrogen and oxygen atoms in total. The number of amides is 1. The number of carbonyl (C=O) groups is 1. The third kappa shape index (κ3) is 2.88.